The Morgan fingerprint density at radius 3 is 2.33 bits per heavy atom. The van der Waals surface area contributed by atoms with Crippen LogP contribution in [-0.4, -0.2) is 23.3 Å². The van der Waals surface area contributed by atoms with Gasteiger partial charge in [0.25, 0.3) is 11.8 Å². The van der Waals surface area contributed by atoms with Crippen LogP contribution < -0.4 is 0 Å². The molecule has 0 aliphatic carbocycles. The minimum absolute atomic E-state index is 0.261. The molecule has 1 aliphatic heterocycles. The Labute approximate surface area is 106 Å². The average molecular weight is 248 g/mol. The Balaban J connectivity index is 1.92. The smallest absolute Gasteiger partial charge is 0.261 e. The summed E-state index contributed by atoms with van der Waals surface area (Å²) >= 11 is 0. The minimum Gasteiger partial charge on any atom is -0.274 e. The van der Waals surface area contributed by atoms with Gasteiger partial charge in [0.15, 0.2) is 0 Å². The largest absolute Gasteiger partial charge is 0.274 e. The number of rotatable bonds is 5. The number of amides is 2. The zero-order valence-corrected chi connectivity index (χ0v) is 9.86. The van der Waals surface area contributed by atoms with Gasteiger partial charge in [-0.05, 0) is 31.4 Å². The molecule has 0 atom stereocenters. The average Bonchev–Trinajstić information content (AvgIpc) is 2.63. The predicted molar refractivity (Wildman–Crippen MR) is 65.9 cm³/mol. The number of halogens is 1. The molecule has 0 radical (unpaired) electrons. The summed E-state index contributed by atoms with van der Waals surface area (Å²) in [5.74, 6) is -0.523. The molecule has 0 N–H and O–H groups in total. The van der Waals surface area contributed by atoms with Crippen molar-refractivity contribution in [2.45, 2.75) is 19.3 Å². The maximum absolute atomic E-state index is 12.1. The second kappa shape index (κ2) is 5.58. The van der Waals surface area contributed by atoms with E-state index in [4.69, 9.17) is 1.37 Å². The van der Waals surface area contributed by atoms with Crippen LogP contribution in [0.4, 0.5) is 4.39 Å². The third kappa shape index (κ3) is 2.32. The van der Waals surface area contributed by atoms with Gasteiger partial charge in [0.05, 0.1) is 18.8 Å². The van der Waals surface area contributed by atoms with Gasteiger partial charge in [0.1, 0.15) is 0 Å². The number of unbranched alkanes of at least 4 members (excludes halogenated alkanes) is 2. The summed E-state index contributed by atoms with van der Waals surface area (Å²) < 4.78 is 18.7. The first-order chi connectivity index (χ1) is 9.11. The van der Waals surface area contributed by atoms with Crippen LogP contribution in [0.25, 0.3) is 0 Å². The third-order valence-electron chi connectivity index (χ3n) is 2.94. The molecule has 0 fully saturated rings. The normalized spacial score (nSPS) is 15.9. The van der Waals surface area contributed by atoms with E-state index in [-0.39, 0.29) is 11.8 Å². The molecule has 1 aromatic rings. The number of benzene rings is 1. The molecule has 94 valence electrons. The molecule has 0 spiro atoms. The van der Waals surface area contributed by atoms with Crippen LogP contribution in [-0.2, 0) is 0 Å². The van der Waals surface area contributed by atoms with Crippen LogP contribution in [0, 0.1) is 0 Å². The molecule has 0 saturated heterocycles. The number of imide groups is 1. The highest BCUT2D eigenvalue weighted by Crippen LogP contribution is 2.22. The van der Waals surface area contributed by atoms with Gasteiger partial charge in [0, 0.05) is 6.54 Å². The van der Waals surface area contributed by atoms with E-state index in [0.29, 0.717) is 36.9 Å². The fourth-order valence-electron chi connectivity index (χ4n) is 2.01. The Hall–Kier alpha value is -1.97. The quantitative estimate of drug-likeness (QED) is 0.593. The second-order valence-electron chi connectivity index (χ2n) is 4.12. The van der Waals surface area contributed by atoms with Gasteiger partial charge in [-0.2, -0.15) is 0 Å². The van der Waals surface area contributed by atoms with E-state index in [1.54, 1.807) is 24.3 Å². The van der Waals surface area contributed by atoms with Crippen molar-refractivity contribution < 1.29 is 15.4 Å². The Kier molecular flexibility index (Phi) is 3.45. The van der Waals surface area contributed by atoms with Crippen LogP contribution in [0.2, 0.25) is 0 Å². The van der Waals surface area contributed by atoms with Crippen LogP contribution in [0.15, 0.2) is 36.6 Å². The maximum Gasteiger partial charge on any atom is 0.261 e. The van der Waals surface area contributed by atoms with Crippen molar-refractivity contribution in [3.05, 3.63) is 47.8 Å². The van der Waals surface area contributed by atoms with Gasteiger partial charge >= 0.3 is 0 Å². The summed E-state index contributed by atoms with van der Waals surface area (Å²) in [6.07, 6.45) is 1.93. The Morgan fingerprint density at radius 1 is 1.17 bits per heavy atom. The molecule has 0 bridgehead atoms. The molecule has 18 heavy (non-hydrogen) atoms. The van der Waals surface area contributed by atoms with E-state index >= 15 is 0 Å². The van der Waals surface area contributed by atoms with Gasteiger partial charge in [-0.25, -0.2) is 4.39 Å². The highest BCUT2D eigenvalue weighted by Gasteiger charge is 2.34. The van der Waals surface area contributed by atoms with Crippen molar-refractivity contribution in [1.82, 2.24) is 4.90 Å². The van der Waals surface area contributed by atoms with Crippen LogP contribution in [0.5, 0.6) is 0 Å². The van der Waals surface area contributed by atoms with E-state index in [1.807, 2.05) is 0 Å². The first-order valence-corrected chi connectivity index (χ1v) is 5.88. The molecular weight excluding hydrogens is 233 g/mol. The molecule has 1 aromatic carbocycles. The molecule has 0 aromatic heterocycles. The molecule has 3 nitrogen and oxygen atoms in total. The first-order valence-electron chi connectivity index (χ1n) is 6.38. The highest BCUT2D eigenvalue weighted by atomic mass is 19.1. The van der Waals surface area contributed by atoms with E-state index < -0.39 is 6.31 Å². The van der Waals surface area contributed by atoms with Crippen molar-refractivity contribution in [1.29, 1.82) is 0 Å². The number of nitrogens with zero attached hydrogens (tertiary/aromatic N) is 1. The summed E-state index contributed by atoms with van der Waals surface area (Å²) in [5, 5.41) is 0. The fourth-order valence-corrected chi connectivity index (χ4v) is 2.01. The number of fused-ring (bicyclic) bond motifs is 1. The SMILES string of the molecule is [2H]/C(F)=C\CCCCN1C(=O)c2ccccc2C1=O. The molecule has 1 aliphatic rings. The minimum atomic E-state index is -0.944. The van der Waals surface area contributed by atoms with Gasteiger partial charge < -0.3 is 0 Å². The van der Waals surface area contributed by atoms with Crippen molar-refractivity contribution >= 4 is 11.8 Å². The molecule has 0 saturated carbocycles. The number of carbonyl (C=O) groups excluding carboxylic acids is 2. The van der Waals surface area contributed by atoms with Crippen molar-refractivity contribution in [2.75, 3.05) is 6.54 Å². The molecule has 2 amide bonds. The molecule has 2 rings (SSSR count). The zero-order chi connectivity index (χ0) is 13.8. The highest BCUT2D eigenvalue weighted by molar-refractivity contribution is 6.21. The van der Waals surface area contributed by atoms with Crippen LogP contribution in [0.3, 0.4) is 0 Å². The standard InChI is InChI=1S/C14H14FNO2/c15-9-5-1-2-6-10-16-13(17)11-7-3-4-8-12(11)14(16)18/h3-5,7-9H,1-2,6,10H2/b9-5+/i9D. The number of hydrogen-bond acceptors (Lipinski definition) is 2. The monoisotopic (exact) mass is 248 g/mol. The van der Waals surface area contributed by atoms with Gasteiger partial charge in [0.2, 0.25) is 0 Å². The van der Waals surface area contributed by atoms with Crippen molar-refractivity contribution in [3.63, 3.8) is 0 Å². The number of allylic oxidation sites excluding steroid dienone is 1. The lowest BCUT2D eigenvalue weighted by Gasteiger charge is -2.12. The topological polar surface area (TPSA) is 37.4 Å². The molecule has 0 unspecified atom stereocenters. The van der Waals surface area contributed by atoms with Gasteiger partial charge in [-0.15, -0.1) is 0 Å². The van der Waals surface area contributed by atoms with E-state index in [2.05, 4.69) is 0 Å². The second-order valence-corrected chi connectivity index (χ2v) is 4.12. The maximum atomic E-state index is 12.1. The summed E-state index contributed by atoms with van der Waals surface area (Å²) in [4.78, 5) is 25.2. The van der Waals surface area contributed by atoms with Crippen molar-refractivity contribution in [3.8, 4) is 0 Å². The van der Waals surface area contributed by atoms with E-state index in [9.17, 15) is 14.0 Å². The van der Waals surface area contributed by atoms with Crippen LogP contribution in [0.1, 0.15) is 41.3 Å². The fraction of sp³-hybridized carbons (Fsp3) is 0.286. The van der Waals surface area contributed by atoms with E-state index in [0.717, 1.165) is 0 Å². The van der Waals surface area contributed by atoms with Gasteiger partial charge in [-0.3, -0.25) is 14.5 Å². The lowest BCUT2D eigenvalue weighted by Crippen LogP contribution is -2.30. The Bertz CT molecular complexity index is 503. The molecule has 1 heterocycles. The third-order valence-corrected chi connectivity index (χ3v) is 2.94. The summed E-state index contributed by atoms with van der Waals surface area (Å²) in [5.41, 5.74) is 0.897. The van der Waals surface area contributed by atoms with E-state index in [1.165, 1.54) is 11.0 Å². The molecular formula is C14H14FNO2. The van der Waals surface area contributed by atoms with Gasteiger partial charge in [-0.1, -0.05) is 18.2 Å². The zero-order valence-electron chi connectivity index (χ0n) is 10.9. The number of hydrogen-bond donors (Lipinski definition) is 0. The van der Waals surface area contributed by atoms with Crippen LogP contribution >= 0.6 is 0 Å². The lowest BCUT2D eigenvalue weighted by molar-refractivity contribution is 0.0652. The first kappa shape index (κ1) is 11.1. The summed E-state index contributed by atoms with van der Waals surface area (Å²) in [7, 11) is 0. The van der Waals surface area contributed by atoms with Crippen molar-refractivity contribution in [2.24, 2.45) is 0 Å². The summed E-state index contributed by atoms with van der Waals surface area (Å²) in [6, 6.07) is 6.76. The molecule has 4 heteroatoms. The summed E-state index contributed by atoms with van der Waals surface area (Å²) in [6.45, 7) is 0.333. The number of carbonyl (C=O) groups is 2. The lowest BCUT2D eigenvalue weighted by atomic mass is 10.1. The predicted octanol–water partition coefficient (Wildman–Crippen LogP) is 2.94. The Morgan fingerprint density at radius 2 is 1.78 bits per heavy atom.